The van der Waals surface area contributed by atoms with Crippen molar-refractivity contribution in [3.8, 4) is 0 Å². The second-order valence-electron chi connectivity index (χ2n) is 7.34. The van der Waals surface area contributed by atoms with Crippen molar-refractivity contribution in [1.29, 1.82) is 0 Å². The number of halogens is 2. The molecule has 1 heterocycles. The van der Waals surface area contributed by atoms with Gasteiger partial charge in [-0.3, -0.25) is 0 Å². The molecule has 0 bridgehead atoms. The van der Waals surface area contributed by atoms with Crippen LogP contribution in [0.4, 0.5) is 0 Å². The number of hydrogen-bond acceptors (Lipinski definition) is 5. The Morgan fingerprint density at radius 3 is 2.14 bits per heavy atom. The highest BCUT2D eigenvalue weighted by atomic mass is 35.5. The first-order valence-electron chi connectivity index (χ1n) is 9.03. The lowest BCUT2D eigenvalue weighted by Gasteiger charge is -2.37. The lowest BCUT2D eigenvalue weighted by Crippen LogP contribution is -2.50. The molecule has 3 aromatic rings. The van der Waals surface area contributed by atoms with Crippen LogP contribution in [0.1, 0.15) is 24.0 Å². The molecule has 9 heteroatoms. The van der Waals surface area contributed by atoms with E-state index in [0.29, 0.717) is 34.0 Å². The maximum absolute atomic E-state index is 13.5. The molecule has 4 rings (SSSR count). The Labute approximate surface area is 179 Å². The van der Waals surface area contributed by atoms with E-state index in [0.717, 1.165) is 0 Å². The Hall–Kier alpha value is -1.93. The minimum absolute atomic E-state index is 0.0333. The highest BCUT2D eigenvalue weighted by Crippen LogP contribution is 2.57. The molecule has 1 atom stereocenters. The van der Waals surface area contributed by atoms with E-state index in [4.69, 9.17) is 23.2 Å². The molecule has 1 aromatic heterocycles. The summed E-state index contributed by atoms with van der Waals surface area (Å²) >= 11 is 11.9. The van der Waals surface area contributed by atoms with Crippen molar-refractivity contribution in [2.24, 2.45) is 0 Å². The second kappa shape index (κ2) is 7.40. The third kappa shape index (κ3) is 3.68. The molecule has 1 aliphatic rings. The van der Waals surface area contributed by atoms with Crippen LogP contribution in [0.2, 0.25) is 10.0 Å². The number of benzene rings is 2. The van der Waals surface area contributed by atoms with E-state index < -0.39 is 20.2 Å². The van der Waals surface area contributed by atoms with Crippen LogP contribution in [0.25, 0.3) is 0 Å². The van der Waals surface area contributed by atoms with E-state index in [1.165, 1.54) is 17.3 Å². The molecular formula is C20H19Cl2N3O3S. The SMILES string of the molecule is O=S(=O)(Cc1ccc(Cl)cc1)C1(C(O)(Cn2cncn2)c2ccc(Cl)cc2)CC1. The number of aromatic nitrogens is 3. The van der Waals surface area contributed by atoms with E-state index >= 15 is 0 Å². The van der Waals surface area contributed by atoms with Crippen molar-refractivity contribution >= 4 is 33.0 Å². The Bertz CT molecular complexity index is 1100. The van der Waals surface area contributed by atoms with Gasteiger partial charge >= 0.3 is 0 Å². The van der Waals surface area contributed by atoms with Crippen LogP contribution in [0.3, 0.4) is 0 Å². The van der Waals surface area contributed by atoms with Crippen LogP contribution in [-0.4, -0.2) is 33.0 Å². The summed E-state index contributed by atoms with van der Waals surface area (Å²) < 4.78 is 27.2. The van der Waals surface area contributed by atoms with Gasteiger partial charge in [0.2, 0.25) is 0 Å². The predicted molar refractivity (Wildman–Crippen MR) is 111 cm³/mol. The van der Waals surface area contributed by atoms with E-state index in [-0.39, 0.29) is 12.3 Å². The number of aliphatic hydroxyl groups is 1. The predicted octanol–water partition coefficient (Wildman–Crippen LogP) is 3.62. The van der Waals surface area contributed by atoms with Crippen molar-refractivity contribution in [3.05, 3.63) is 82.4 Å². The average molecular weight is 452 g/mol. The van der Waals surface area contributed by atoms with Gasteiger partial charge in [-0.25, -0.2) is 18.1 Å². The average Bonchev–Trinajstić information content (AvgIpc) is 3.38. The molecule has 1 aliphatic carbocycles. The third-order valence-corrected chi connectivity index (χ3v) is 8.66. The Morgan fingerprint density at radius 1 is 1.03 bits per heavy atom. The number of nitrogens with zero attached hydrogens (tertiary/aromatic N) is 3. The fourth-order valence-corrected chi connectivity index (χ4v) is 6.39. The molecule has 0 radical (unpaired) electrons. The van der Waals surface area contributed by atoms with E-state index in [2.05, 4.69) is 10.1 Å². The number of sulfone groups is 1. The molecule has 1 fully saturated rings. The maximum atomic E-state index is 13.5. The van der Waals surface area contributed by atoms with Gasteiger partial charge in [0.05, 0.1) is 12.3 Å². The van der Waals surface area contributed by atoms with Crippen molar-refractivity contribution in [2.75, 3.05) is 0 Å². The lowest BCUT2D eigenvalue weighted by atomic mass is 9.88. The first kappa shape index (κ1) is 20.3. The summed E-state index contributed by atoms with van der Waals surface area (Å²) in [6, 6.07) is 13.3. The highest BCUT2D eigenvalue weighted by molar-refractivity contribution is 7.92. The Kier molecular flexibility index (Phi) is 5.19. The molecule has 2 aromatic carbocycles. The van der Waals surface area contributed by atoms with Gasteiger partial charge in [0, 0.05) is 10.0 Å². The zero-order valence-corrected chi connectivity index (χ0v) is 17.7. The van der Waals surface area contributed by atoms with Crippen molar-refractivity contribution in [3.63, 3.8) is 0 Å². The first-order valence-corrected chi connectivity index (χ1v) is 11.4. The molecule has 1 unspecified atom stereocenters. The molecule has 152 valence electrons. The van der Waals surface area contributed by atoms with Crippen LogP contribution < -0.4 is 0 Å². The molecule has 29 heavy (non-hydrogen) atoms. The van der Waals surface area contributed by atoms with Crippen molar-refractivity contribution in [2.45, 2.75) is 35.5 Å². The van der Waals surface area contributed by atoms with Gasteiger partial charge in [-0.05, 0) is 48.2 Å². The van der Waals surface area contributed by atoms with Gasteiger partial charge < -0.3 is 5.11 Å². The number of hydrogen-bond donors (Lipinski definition) is 1. The van der Waals surface area contributed by atoms with Crippen LogP contribution in [0.15, 0.2) is 61.2 Å². The Balaban J connectivity index is 1.76. The quantitative estimate of drug-likeness (QED) is 0.592. The second-order valence-corrected chi connectivity index (χ2v) is 10.5. The molecular weight excluding hydrogens is 433 g/mol. The minimum Gasteiger partial charge on any atom is -0.382 e. The lowest BCUT2D eigenvalue weighted by molar-refractivity contribution is 0.00212. The third-order valence-electron chi connectivity index (χ3n) is 5.50. The van der Waals surface area contributed by atoms with Crippen molar-refractivity contribution in [1.82, 2.24) is 14.8 Å². The van der Waals surface area contributed by atoms with Gasteiger partial charge in [-0.1, -0.05) is 47.5 Å². The van der Waals surface area contributed by atoms with E-state index in [1.54, 1.807) is 48.5 Å². The highest BCUT2D eigenvalue weighted by Gasteiger charge is 2.67. The van der Waals surface area contributed by atoms with Gasteiger partial charge in [0.1, 0.15) is 23.0 Å². The molecule has 0 spiro atoms. The van der Waals surface area contributed by atoms with Gasteiger partial charge in [-0.15, -0.1) is 0 Å². The topological polar surface area (TPSA) is 85.1 Å². The maximum Gasteiger partial charge on any atom is 0.163 e. The summed E-state index contributed by atoms with van der Waals surface area (Å²) in [5.41, 5.74) is -0.578. The fraction of sp³-hybridized carbons (Fsp3) is 0.300. The monoisotopic (exact) mass is 451 g/mol. The molecule has 0 amide bonds. The normalized spacial score (nSPS) is 17.6. The molecule has 0 aliphatic heterocycles. The van der Waals surface area contributed by atoms with Crippen molar-refractivity contribution < 1.29 is 13.5 Å². The zero-order chi connectivity index (χ0) is 20.7. The number of rotatable bonds is 7. The smallest absolute Gasteiger partial charge is 0.163 e. The largest absolute Gasteiger partial charge is 0.382 e. The summed E-state index contributed by atoms with van der Waals surface area (Å²) in [7, 11) is -3.72. The minimum atomic E-state index is -3.72. The van der Waals surface area contributed by atoms with Crippen LogP contribution >= 0.6 is 23.2 Å². The summed E-state index contributed by atoms with van der Waals surface area (Å²) in [5, 5.41) is 17.0. The molecule has 1 N–H and O–H groups in total. The summed E-state index contributed by atoms with van der Waals surface area (Å²) in [6.45, 7) is -0.0333. The first-order chi connectivity index (χ1) is 13.8. The molecule has 1 saturated carbocycles. The van der Waals surface area contributed by atoms with Crippen LogP contribution in [0, 0.1) is 0 Å². The summed E-state index contributed by atoms with van der Waals surface area (Å²) in [6.07, 6.45) is 3.53. The molecule has 6 nitrogen and oxygen atoms in total. The standard InChI is InChI=1S/C20H19Cl2N3O3S/c21-17-5-1-15(2-6-17)11-29(27,28)19(9-10-19)20(26,12-25-14-23-13-24-25)16-3-7-18(22)8-4-16/h1-8,13-14,26H,9-12H2. The molecule has 0 saturated heterocycles. The fourth-order valence-electron chi connectivity index (χ4n) is 3.81. The van der Waals surface area contributed by atoms with Crippen LogP contribution in [-0.2, 0) is 27.7 Å². The van der Waals surface area contributed by atoms with E-state index in [1.807, 2.05) is 0 Å². The Morgan fingerprint density at radius 2 is 1.62 bits per heavy atom. The van der Waals surface area contributed by atoms with Gasteiger partial charge in [-0.2, -0.15) is 5.10 Å². The zero-order valence-electron chi connectivity index (χ0n) is 15.4. The van der Waals surface area contributed by atoms with Gasteiger partial charge in [0.25, 0.3) is 0 Å². The van der Waals surface area contributed by atoms with Crippen LogP contribution in [0.5, 0.6) is 0 Å². The summed E-state index contributed by atoms with van der Waals surface area (Å²) in [4.78, 5) is 3.91. The van der Waals surface area contributed by atoms with Gasteiger partial charge in [0.15, 0.2) is 9.84 Å². The van der Waals surface area contributed by atoms with E-state index in [9.17, 15) is 13.5 Å². The summed E-state index contributed by atoms with van der Waals surface area (Å²) in [5.74, 6) is -0.183.